The standard InChI is InChI=1S/C12H8ClF3N2S/c13-8-2-1-3-9(11(8)17)19-10-5-4-7(6-18-10)12(14,15)16/h1-6H,17H2. The van der Waals surface area contributed by atoms with Gasteiger partial charge in [0.2, 0.25) is 0 Å². The molecular weight excluding hydrogens is 297 g/mol. The fraction of sp³-hybridized carbons (Fsp3) is 0.0833. The van der Waals surface area contributed by atoms with E-state index in [0.29, 0.717) is 20.6 Å². The second kappa shape index (κ2) is 5.30. The molecule has 0 aliphatic heterocycles. The molecule has 2 aromatic rings. The van der Waals surface area contributed by atoms with Crippen LogP contribution in [0, 0.1) is 0 Å². The van der Waals surface area contributed by atoms with Gasteiger partial charge in [-0.2, -0.15) is 13.2 Å². The molecule has 0 fully saturated rings. The molecule has 0 amide bonds. The molecule has 0 bridgehead atoms. The van der Waals surface area contributed by atoms with Crippen molar-refractivity contribution in [3.8, 4) is 0 Å². The van der Waals surface area contributed by atoms with Gasteiger partial charge in [-0.15, -0.1) is 0 Å². The van der Waals surface area contributed by atoms with Gasteiger partial charge in [-0.05, 0) is 24.3 Å². The summed E-state index contributed by atoms with van der Waals surface area (Å²) in [5.41, 5.74) is 5.37. The van der Waals surface area contributed by atoms with Crippen LogP contribution in [-0.4, -0.2) is 4.98 Å². The van der Waals surface area contributed by atoms with Crippen molar-refractivity contribution < 1.29 is 13.2 Å². The van der Waals surface area contributed by atoms with E-state index < -0.39 is 11.7 Å². The molecule has 0 unspecified atom stereocenters. The molecule has 0 spiro atoms. The molecular formula is C12H8ClF3N2S. The quantitative estimate of drug-likeness (QED) is 0.831. The first kappa shape index (κ1) is 14.0. The van der Waals surface area contributed by atoms with Crippen LogP contribution >= 0.6 is 23.4 Å². The molecule has 2 N–H and O–H groups in total. The summed E-state index contributed by atoms with van der Waals surface area (Å²) in [6.45, 7) is 0. The molecule has 7 heteroatoms. The maximum atomic E-state index is 12.4. The number of benzene rings is 1. The number of halogens is 4. The lowest BCUT2D eigenvalue weighted by molar-refractivity contribution is -0.137. The zero-order valence-corrected chi connectivity index (χ0v) is 11.0. The summed E-state index contributed by atoms with van der Waals surface area (Å²) < 4.78 is 37.1. The Labute approximate surface area is 116 Å². The minimum atomic E-state index is -4.38. The van der Waals surface area contributed by atoms with Crippen LogP contribution in [-0.2, 0) is 6.18 Å². The van der Waals surface area contributed by atoms with Crippen molar-refractivity contribution in [2.75, 3.05) is 5.73 Å². The highest BCUT2D eigenvalue weighted by atomic mass is 35.5. The Bertz CT molecular complexity index is 585. The summed E-state index contributed by atoms with van der Waals surface area (Å²) >= 11 is 7.02. The monoisotopic (exact) mass is 304 g/mol. The topological polar surface area (TPSA) is 38.9 Å². The molecule has 1 heterocycles. The summed E-state index contributed by atoms with van der Waals surface area (Å²) in [5.74, 6) is 0. The molecule has 2 nitrogen and oxygen atoms in total. The van der Waals surface area contributed by atoms with Gasteiger partial charge in [0.25, 0.3) is 0 Å². The van der Waals surface area contributed by atoms with Gasteiger partial charge in [0.15, 0.2) is 0 Å². The molecule has 0 atom stereocenters. The molecule has 1 aromatic carbocycles. The van der Waals surface area contributed by atoms with Crippen LogP contribution in [0.15, 0.2) is 46.5 Å². The lowest BCUT2D eigenvalue weighted by atomic mass is 10.3. The van der Waals surface area contributed by atoms with Gasteiger partial charge in [0.05, 0.1) is 16.3 Å². The summed E-state index contributed by atoms with van der Waals surface area (Å²) in [5, 5.41) is 0.818. The van der Waals surface area contributed by atoms with E-state index in [1.165, 1.54) is 6.07 Å². The number of pyridine rings is 1. The van der Waals surface area contributed by atoms with Crippen LogP contribution in [0.4, 0.5) is 18.9 Å². The highest BCUT2D eigenvalue weighted by Gasteiger charge is 2.30. The van der Waals surface area contributed by atoms with Crippen LogP contribution in [0.2, 0.25) is 5.02 Å². The van der Waals surface area contributed by atoms with Crippen molar-refractivity contribution >= 4 is 29.1 Å². The second-order valence-electron chi connectivity index (χ2n) is 3.64. The molecule has 0 radical (unpaired) electrons. The molecule has 1 aromatic heterocycles. The maximum absolute atomic E-state index is 12.4. The summed E-state index contributed by atoms with van der Waals surface area (Å²) in [4.78, 5) is 4.41. The average molecular weight is 305 g/mol. The highest BCUT2D eigenvalue weighted by molar-refractivity contribution is 7.99. The first-order valence-electron chi connectivity index (χ1n) is 5.13. The Kier molecular flexibility index (Phi) is 3.91. The summed E-state index contributed by atoms with van der Waals surface area (Å²) in [6.07, 6.45) is -3.59. The predicted octanol–water partition coefficient (Wildman–Crippen LogP) is 4.49. The number of aromatic nitrogens is 1. The second-order valence-corrected chi connectivity index (χ2v) is 5.11. The Morgan fingerprint density at radius 3 is 2.47 bits per heavy atom. The normalized spacial score (nSPS) is 11.6. The third kappa shape index (κ3) is 3.33. The molecule has 2 rings (SSSR count). The largest absolute Gasteiger partial charge is 0.417 e. The Hall–Kier alpha value is -1.40. The van der Waals surface area contributed by atoms with Crippen LogP contribution in [0.3, 0.4) is 0 Å². The number of hydrogen-bond donors (Lipinski definition) is 1. The predicted molar refractivity (Wildman–Crippen MR) is 69.2 cm³/mol. The number of hydrogen-bond acceptors (Lipinski definition) is 3. The molecule has 19 heavy (non-hydrogen) atoms. The Balaban J connectivity index is 2.23. The molecule has 100 valence electrons. The van der Waals surface area contributed by atoms with Crippen molar-refractivity contribution in [1.82, 2.24) is 4.98 Å². The lowest BCUT2D eigenvalue weighted by Gasteiger charge is -2.08. The number of anilines is 1. The van der Waals surface area contributed by atoms with Crippen molar-refractivity contribution in [2.24, 2.45) is 0 Å². The van der Waals surface area contributed by atoms with Crippen molar-refractivity contribution in [3.63, 3.8) is 0 Å². The first-order chi connectivity index (χ1) is 8.88. The average Bonchev–Trinajstić information content (AvgIpc) is 2.35. The van der Waals surface area contributed by atoms with Crippen molar-refractivity contribution in [1.29, 1.82) is 0 Å². The maximum Gasteiger partial charge on any atom is 0.417 e. The van der Waals surface area contributed by atoms with E-state index in [0.717, 1.165) is 24.0 Å². The number of para-hydroxylation sites is 1. The highest BCUT2D eigenvalue weighted by Crippen LogP contribution is 2.35. The fourth-order valence-electron chi connectivity index (χ4n) is 1.33. The molecule has 0 aliphatic carbocycles. The van der Waals surface area contributed by atoms with Gasteiger partial charge < -0.3 is 5.73 Å². The Morgan fingerprint density at radius 2 is 1.89 bits per heavy atom. The fourth-order valence-corrected chi connectivity index (χ4v) is 2.39. The minimum absolute atomic E-state index is 0.385. The van der Waals surface area contributed by atoms with E-state index in [-0.39, 0.29) is 0 Å². The number of nitrogens with two attached hydrogens (primary N) is 1. The number of nitrogens with zero attached hydrogens (tertiary/aromatic N) is 1. The lowest BCUT2D eigenvalue weighted by Crippen LogP contribution is -2.05. The van der Waals surface area contributed by atoms with Crippen LogP contribution in [0.1, 0.15) is 5.56 Å². The summed E-state index contributed by atoms with van der Waals surface area (Å²) in [7, 11) is 0. The van der Waals surface area contributed by atoms with E-state index in [2.05, 4.69) is 4.98 Å². The smallest absolute Gasteiger partial charge is 0.397 e. The van der Waals surface area contributed by atoms with Gasteiger partial charge in [-0.1, -0.05) is 29.4 Å². The van der Waals surface area contributed by atoms with Crippen LogP contribution < -0.4 is 5.73 Å². The van der Waals surface area contributed by atoms with Gasteiger partial charge in [0, 0.05) is 11.1 Å². The molecule has 0 aliphatic rings. The number of nitrogen functional groups attached to an aromatic ring is 1. The van der Waals surface area contributed by atoms with Crippen molar-refractivity contribution in [2.45, 2.75) is 16.1 Å². The summed E-state index contributed by atoms with van der Waals surface area (Å²) in [6, 6.07) is 7.36. The van der Waals surface area contributed by atoms with E-state index in [4.69, 9.17) is 17.3 Å². The van der Waals surface area contributed by atoms with E-state index in [9.17, 15) is 13.2 Å². The van der Waals surface area contributed by atoms with E-state index >= 15 is 0 Å². The van der Waals surface area contributed by atoms with Gasteiger partial charge in [0.1, 0.15) is 5.03 Å². The first-order valence-corrected chi connectivity index (χ1v) is 6.32. The molecule has 0 saturated carbocycles. The van der Waals surface area contributed by atoms with E-state index in [1.54, 1.807) is 18.2 Å². The zero-order chi connectivity index (χ0) is 14.0. The third-order valence-corrected chi connectivity index (χ3v) is 3.65. The number of alkyl halides is 3. The van der Waals surface area contributed by atoms with Crippen molar-refractivity contribution in [3.05, 3.63) is 47.1 Å². The SMILES string of the molecule is Nc1c(Cl)cccc1Sc1ccc(C(F)(F)F)cn1. The third-order valence-electron chi connectivity index (χ3n) is 2.29. The molecule has 0 saturated heterocycles. The Morgan fingerprint density at radius 1 is 1.16 bits per heavy atom. The number of rotatable bonds is 2. The van der Waals surface area contributed by atoms with Crippen LogP contribution in [0.5, 0.6) is 0 Å². The van der Waals surface area contributed by atoms with Crippen LogP contribution in [0.25, 0.3) is 0 Å². The van der Waals surface area contributed by atoms with Gasteiger partial charge in [-0.25, -0.2) is 4.98 Å². The van der Waals surface area contributed by atoms with Gasteiger partial charge in [-0.3, -0.25) is 0 Å². The van der Waals surface area contributed by atoms with Gasteiger partial charge >= 0.3 is 6.18 Å². The van der Waals surface area contributed by atoms with E-state index in [1.807, 2.05) is 0 Å². The minimum Gasteiger partial charge on any atom is -0.397 e. The zero-order valence-electron chi connectivity index (χ0n) is 9.41.